The van der Waals surface area contributed by atoms with E-state index in [-0.39, 0.29) is 16.2 Å². The van der Waals surface area contributed by atoms with Crippen molar-refractivity contribution in [2.75, 3.05) is 6.54 Å². The molecule has 0 aliphatic carbocycles. The highest BCUT2D eigenvalue weighted by Gasteiger charge is 2.35. The quantitative estimate of drug-likeness (QED) is 0.807. The lowest BCUT2D eigenvalue weighted by atomic mass is 10.3. The van der Waals surface area contributed by atoms with E-state index in [1.165, 1.54) is 15.2 Å². The summed E-state index contributed by atoms with van der Waals surface area (Å²) in [5.74, 6) is 0. The van der Waals surface area contributed by atoms with Crippen molar-refractivity contribution in [1.29, 1.82) is 0 Å². The number of aromatic nitrogens is 2. The number of aryl methyl sites for hydroxylation is 1. The van der Waals surface area contributed by atoms with Gasteiger partial charge in [0.15, 0.2) is 0 Å². The summed E-state index contributed by atoms with van der Waals surface area (Å²) in [6, 6.07) is 0.0306. The molecule has 1 aromatic rings. The lowest BCUT2D eigenvalue weighted by Crippen LogP contribution is -2.34. The molecule has 0 amide bonds. The Kier molecular flexibility index (Phi) is 2.98. The molecular formula is C9H14ClN3O2S. The lowest BCUT2D eigenvalue weighted by Gasteiger charge is -2.19. The zero-order valence-corrected chi connectivity index (χ0v) is 10.8. The van der Waals surface area contributed by atoms with E-state index >= 15 is 0 Å². The molecule has 5 nitrogen and oxygen atoms in total. The Balaban J connectivity index is 2.43. The molecule has 1 aromatic heterocycles. The third-order valence-electron chi connectivity index (χ3n) is 2.88. The molecule has 90 valence electrons. The van der Waals surface area contributed by atoms with E-state index in [1.54, 1.807) is 7.05 Å². The van der Waals surface area contributed by atoms with Crippen molar-refractivity contribution >= 4 is 21.6 Å². The summed E-state index contributed by atoms with van der Waals surface area (Å²) in [6.07, 6.45) is 3.20. The van der Waals surface area contributed by atoms with Gasteiger partial charge in [0.05, 0.1) is 6.33 Å². The Morgan fingerprint density at radius 2 is 2.25 bits per heavy atom. The second-order valence-corrected chi connectivity index (χ2v) is 6.22. The van der Waals surface area contributed by atoms with Crippen molar-refractivity contribution in [2.45, 2.75) is 30.8 Å². The number of halogens is 1. The summed E-state index contributed by atoms with van der Waals surface area (Å²) in [4.78, 5) is 3.87. The maximum atomic E-state index is 12.2. The predicted octanol–water partition coefficient (Wildman–Crippen LogP) is 1.25. The molecule has 16 heavy (non-hydrogen) atoms. The van der Waals surface area contributed by atoms with Gasteiger partial charge >= 0.3 is 0 Å². The smallest absolute Gasteiger partial charge is 0.263 e. The van der Waals surface area contributed by atoms with Crippen LogP contribution in [0.3, 0.4) is 0 Å². The standard InChI is InChI=1S/C9H14ClN3O2S/c1-7-4-3-5-13(7)16(14,15)9-8(10)12(2)6-11-9/h6-7H,3-5H2,1-2H3. The van der Waals surface area contributed by atoms with Crippen molar-refractivity contribution in [3.63, 3.8) is 0 Å². The highest BCUT2D eigenvalue weighted by molar-refractivity contribution is 7.89. The van der Waals surface area contributed by atoms with Crippen molar-refractivity contribution in [3.8, 4) is 0 Å². The van der Waals surface area contributed by atoms with Gasteiger partial charge in [0.25, 0.3) is 10.0 Å². The normalized spacial score (nSPS) is 22.8. The van der Waals surface area contributed by atoms with Gasteiger partial charge in [0.2, 0.25) is 5.03 Å². The van der Waals surface area contributed by atoms with Crippen LogP contribution >= 0.6 is 11.6 Å². The second-order valence-electron chi connectivity index (χ2n) is 4.06. The summed E-state index contributed by atoms with van der Waals surface area (Å²) in [7, 11) is -1.86. The topological polar surface area (TPSA) is 55.2 Å². The zero-order valence-electron chi connectivity index (χ0n) is 9.22. The monoisotopic (exact) mass is 263 g/mol. The van der Waals surface area contributed by atoms with E-state index in [9.17, 15) is 8.42 Å². The summed E-state index contributed by atoms with van der Waals surface area (Å²) in [5.41, 5.74) is 0. The number of imidazole rings is 1. The van der Waals surface area contributed by atoms with Gasteiger partial charge in [-0.1, -0.05) is 11.6 Å². The van der Waals surface area contributed by atoms with Crippen molar-refractivity contribution < 1.29 is 8.42 Å². The van der Waals surface area contributed by atoms with Gasteiger partial charge in [-0.2, -0.15) is 4.31 Å². The minimum atomic E-state index is -3.53. The Bertz CT molecular complexity index is 497. The van der Waals surface area contributed by atoms with Crippen LogP contribution in [0.1, 0.15) is 19.8 Å². The molecule has 1 aliphatic rings. The van der Waals surface area contributed by atoms with Crippen LogP contribution in [0.25, 0.3) is 0 Å². The molecule has 0 N–H and O–H groups in total. The first-order valence-corrected chi connectivity index (χ1v) is 6.95. The summed E-state index contributed by atoms with van der Waals surface area (Å²) >= 11 is 5.91. The van der Waals surface area contributed by atoms with Crippen LogP contribution in [-0.2, 0) is 17.1 Å². The first-order valence-electron chi connectivity index (χ1n) is 5.13. The Morgan fingerprint density at radius 1 is 1.56 bits per heavy atom. The van der Waals surface area contributed by atoms with Gasteiger partial charge in [-0.25, -0.2) is 13.4 Å². The van der Waals surface area contributed by atoms with Gasteiger partial charge in [-0.3, -0.25) is 0 Å². The van der Waals surface area contributed by atoms with E-state index in [1.807, 2.05) is 6.92 Å². The SMILES string of the molecule is CC1CCCN1S(=O)(=O)c1ncn(C)c1Cl. The van der Waals surface area contributed by atoms with E-state index < -0.39 is 10.0 Å². The van der Waals surface area contributed by atoms with Crippen molar-refractivity contribution in [1.82, 2.24) is 13.9 Å². The van der Waals surface area contributed by atoms with Gasteiger partial charge in [-0.05, 0) is 19.8 Å². The minimum absolute atomic E-state index is 0.0306. The Labute approximate surface area is 100 Å². The maximum absolute atomic E-state index is 12.2. The minimum Gasteiger partial charge on any atom is -0.324 e. The first-order chi connectivity index (χ1) is 7.44. The summed E-state index contributed by atoms with van der Waals surface area (Å²) in [5, 5.41) is 0.129. The average molecular weight is 264 g/mol. The van der Waals surface area contributed by atoms with Crippen LogP contribution in [0.5, 0.6) is 0 Å². The second kappa shape index (κ2) is 4.01. The highest BCUT2D eigenvalue weighted by atomic mass is 35.5. The highest BCUT2D eigenvalue weighted by Crippen LogP contribution is 2.28. The van der Waals surface area contributed by atoms with E-state index in [4.69, 9.17) is 11.6 Å². The molecule has 0 radical (unpaired) electrons. The number of hydrogen-bond donors (Lipinski definition) is 0. The summed E-state index contributed by atoms with van der Waals surface area (Å²) < 4.78 is 27.5. The average Bonchev–Trinajstić information content (AvgIpc) is 2.76. The van der Waals surface area contributed by atoms with E-state index in [0.717, 1.165) is 12.8 Å². The molecule has 0 aromatic carbocycles. The molecule has 0 bridgehead atoms. The molecule has 1 aliphatic heterocycles. The Hall–Kier alpha value is -0.590. The molecule has 2 heterocycles. The number of rotatable bonds is 2. The van der Waals surface area contributed by atoms with Crippen LogP contribution in [-0.4, -0.2) is 34.9 Å². The van der Waals surface area contributed by atoms with E-state index in [2.05, 4.69) is 4.98 Å². The molecule has 1 fully saturated rings. The fourth-order valence-corrected chi connectivity index (χ4v) is 4.03. The first kappa shape index (κ1) is 11.9. The van der Waals surface area contributed by atoms with Crippen LogP contribution in [0.4, 0.5) is 0 Å². The molecule has 0 saturated carbocycles. The van der Waals surface area contributed by atoms with Crippen LogP contribution in [0.15, 0.2) is 11.4 Å². The van der Waals surface area contributed by atoms with Crippen LogP contribution in [0.2, 0.25) is 5.15 Å². The third kappa shape index (κ3) is 1.74. The summed E-state index contributed by atoms with van der Waals surface area (Å²) in [6.45, 7) is 2.46. The van der Waals surface area contributed by atoms with Crippen molar-refractivity contribution in [3.05, 3.63) is 11.5 Å². The van der Waals surface area contributed by atoms with Gasteiger partial charge < -0.3 is 4.57 Å². The number of sulfonamides is 1. The molecule has 1 atom stereocenters. The predicted molar refractivity (Wildman–Crippen MR) is 60.8 cm³/mol. The molecular weight excluding hydrogens is 250 g/mol. The van der Waals surface area contributed by atoms with Gasteiger partial charge in [0.1, 0.15) is 5.15 Å². The fourth-order valence-electron chi connectivity index (χ4n) is 1.94. The van der Waals surface area contributed by atoms with Crippen molar-refractivity contribution in [2.24, 2.45) is 7.05 Å². The Morgan fingerprint density at radius 3 is 2.69 bits per heavy atom. The fraction of sp³-hybridized carbons (Fsp3) is 0.667. The number of hydrogen-bond acceptors (Lipinski definition) is 3. The maximum Gasteiger partial charge on any atom is 0.263 e. The molecule has 0 spiro atoms. The van der Waals surface area contributed by atoms with Gasteiger partial charge in [0, 0.05) is 19.6 Å². The van der Waals surface area contributed by atoms with Crippen LogP contribution in [0, 0.1) is 0 Å². The van der Waals surface area contributed by atoms with E-state index in [0.29, 0.717) is 6.54 Å². The molecule has 7 heteroatoms. The molecule has 1 unspecified atom stereocenters. The number of nitrogens with zero attached hydrogens (tertiary/aromatic N) is 3. The molecule has 2 rings (SSSR count). The third-order valence-corrected chi connectivity index (χ3v) is 5.38. The zero-order chi connectivity index (χ0) is 11.9. The molecule has 1 saturated heterocycles. The van der Waals surface area contributed by atoms with Gasteiger partial charge in [-0.15, -0.1) is 0 Å². The largest absolute Gasteiger partial charge is 0.324 e. The van der Waals surface area contributed by atoms with Crippen LogP contribution < -0.4 is 0 Å². The lowest BCUT2D eigenvalue weighted by molar-refractivity contribution is 0.406.